The van der Waals surface area contributed by atoms with E-state index in [1.54, 1.807) is 0 Å². The summed E-state index contributed by atoms with van der Waals surface area (Å²) >= 11 is 0. The predicted molar refractivity (Wildman–Crippen MR) is 164 cm³/mol. The second kappa shape index (κ2) is 9.10. The third kappa shape index (κ3) is 3.84. The lowest BCUT2D eigenvalue weighted by Gasteiger charge is -2.15. The highest BCUT2D eigenvalue weighted by molar-refractivity contribution is 6.27. The number of rotatable bonds is 4. The van der Waals surface area contributed by atoms with Gasteiger partial charge in [-0.25, -0.2) is 0 Å². The number of anilines is 3. The maximum Gasteiger partial charge on any atom is 0.0400 e. The van der Waals surface area contributed by atoms with Crippen LogP contribution in [-0.2, 0) is 0 Å². The van der Waals surface area contributed by atoms with Crippen molar-refractivity contribution >= 4 is 49.4 Å². The van der Waals surface area contributed by atoms with Crippen molar-refractivity contribution in [1.82, 2.24) is 0 Å². The molecular formula is C36H26N2. The topological polar surface area (TPSA) is 38.0 Å². The van der Waals surface area contributed by atoms with E-state index in [2.05, 4.69) is 121 Å². The standard InChI is InChI=1S/C36H26N2/c37-36-23-35-30-17-8-7-16-29(30)33-21-26(25-12-9-15-28(20-25)38-27-13-5-2-6-14-27)18-19-31(33)34(35)22-32(36)24-10-3-1-4-11-24/h1-23,38H,37H2. The summed E-state index contributed by atoms with van der Waals surface area (Å²) in [7, 11) is 0. The highest BCUT2D eigenvalue weighted by atomic mass is 14.9. The Kier molecular flexibility index (Phi) is 5.30. The molecule has 0 aliphatic rings. The molecule has 180 valence electrons. The summed E-state index contributed by atoms with van der Waals surface area (Å²) in [5, 5.41) is 10.9. The van der Waals surface area contributed by atoms with Crippen molar-refractivity contribution in [3.8, 4) is 22.3 Å². The van der Waals surface area contributed by atoms with E-state index in [-0.39, 0.29) is 0 Å². The number of nitrogens with one attached hydrogen (secondary N) is 1. The zero-order valence-corrected chi connectivity index (χ0v) is 20.9. The molecule has 7 aromatic carbocycles. The highest BCUT2D eigenvalue weighted by Gasteiger charge is 2.13. The van der Waals surface area contributed by atoms with Crippen molar-refractivity contribution in [2.75, 3.05) is 11.1 Å². The number of hydrogen-bond acceptors (Lipinski definition) is 2. The first-order valence-electron chi connectivity index (χ1n) is 12.9. The van der Waals surface area contributed by atoms with Crippen LogP contribution in [0.4, 0.5) is 17.1 Å². The molecule has 0 saturated heterocycles. The van der Waals surface area contributed by atoms with Crippen LogP contribution in [0.2, 0.25) is 0 Å². The maximum atomic E-state index is 6.62. The Morgan fingerprint density at radius 3 is 1.68 bits per heavy atom. The molecule has 0 aliphatic carbocycles. The Morgan fingerprint density at radius 2 is 0.921 bits per heavy atom. The Bertz CT molecular complexity index is 1940. The van der Waals surface area contributed by atoms with E-state index in [4.69, 9.17) is 5.73 Å². The van der Waals surface area contributed by atoms with Crippen LogP contribution in [0.3, 0.4) is 0 Å². The van der Waals surface area contributed by atoms with Crippen LogP contribution in [0.25, 0.3) is 54.6 Å². The average molecular weight is 487 g/mol. The summed E-state index contributed by atoms with van der Waals surface area (Å²) in [4.78, 5) is 0. The minimum atomic E-state index is 0.799. The summed E-state index contributed by atoms with van der Waals surface area (Å²) in [6, 6.07) is 49.2. The van der Waals surface area contributed by atoms with Crippen molar-refractivity contribution in [3.05, 3.63) is 140 Å². The van der Waals surface area contributed by atoms with Gasteiger partial charge in [-0.3, -0.25) is 0 Å². The van der Waals surface area contributed by atoms with Crippen molar-refractivity contribution in [1.29, 1.82) is 0 Å². The van der Waals surface area contributed by atoms with Gasteiger partial charge in [-0.2, -0.15) is 0 Å². The van der Waals surface area contributed by atoms with Crippen molar-refractivity contribution < 1.29 is 0 Å². The molecule has 0 bridgehead atoms. The maximum absolute atomic E-state index is 6.62. The van der Waals surface area contributed by atoms with Crippen LogP contribution < -0.4 is 11.1 Å². The van der Waals surface area contributed by atoms with E-state index in [9.17, 15) is 0 Å². The summed E-state index contributed by atoms with van der Waals surface area (Å²) < 4.78 is 0. The first-order chi connectivity index (χ1) is 18.7. The minimum absolute atomic E-state index is 0.799. The van der Waals surface area contributed by atoms with Gasteiger partial charge in [-0.1, -0.05) is 97.1 Å². The molecule has 2 heteroatoms. The number of hydrogen-bond donors (Lipinski definition) is 2. The second-order valence-corrected chi connectivity index (χ2v) is 9.73. The van der Waals surface area contributed by atoms with Gasteiger partial charge in [0.1, 0.15) is 0 Å². The lowest BCUT2D eigenvalue weighted by molar-refractivity contribution is 1.54. The fraction of sp³-hybridized carbons (Fsp3) is 0. The van der Waals surface area contributed by atoms with Gasteiger partial charge in [0.05, 0.1) is 0 Å². The fourth-order valence-corrected chi connectivity index (χ4v) is 5.53. The number of fused-ring (bicyclic) bond motifs is 6. The summed E-state index contributed by atoms with van der Waals surface area (Å²) in [5.41, 5.74) is 14.1. The minimum Gasteiger partial charge on any atom is -0.398 e. The van der Waals surface area contributed by atoms with Crippen molar-refractivity contribution in [2.45, 2.75) is 0 Å². The molecule has 0 aliphatic heterocycles. The molecule has 0 aromatic heterocycles. The zero-order chi connectivity index (χ0) is 25.5. The van der Waals surface area contributed by atoms with Crippen LogP contribution in [-0.4, -0.2) is 0 Å². The SMILES string of the molecule is Nc1cc2c3ccccc3c3cc(-c4cccc(Nc5ccccc5)c4)ccc3c2cc1-c1ccccc1. The molecule has 0 atom stereocenters. The molecule has 2 nitrogen and oxygen atoms in total. The smallest absolute Gasteiger partial charge is 0.0400 e. The Balaban J connectivity index is 1.43. The zero-order valence-electron chi connectivity index (χ0n) is 20.9. The van der Waals surface area contributed by atoms with Crippen molar-refractivity contribution in [3.63, 3.8) is 0 Å². The Hall–Kier alpha value is -5.08. The van der Waals surface area contributed by atoms with Gasteiger partial charge >= 0.3 is 0 Å². The Labute approximate surface area is 222 Å². The van der Waals surface area contributed by atoms with E-state index in [1.165, 1.54) is 43.4 Å². The molecule has 0 amide bonds. The van der Waals surface area contributed by atoms with Gasteiger partial charge < -0.3 is 11.1 Å². The van der Waals surface area contributed by atoms with Gasteiger partial charge in [0, 0.05) is 22.6 Å². The summed E-state index contributed by atoms with van der Waals surface area (Å²) in [6.45, 7) is 0. The molecule has 7 aromatic rings. The van der Waals surface area contributed by atoms with Crippen LogP contribution in [0.15, 0.2) is 140 Å². The molecule has 0 radical (unpaired) electrons. The van der Waals surface area contributed by atoms with Gasteiger partial charge in [-0.15, -0.1) is 0 Å². The number of nitrogen functional groups attached to an aromatic ring is 1. The normalized spacial score (nSPS) is 11.3. The van der Waals surface area contributed by atoms with E-state index >= 15 is 0 Å². The molecule has 0 saturated carbocycles. The lowest BCUT2D eigenvalue weighted by Crippen LogP contribution is -1.93. The lowest BCUT2D eigenvalue weighted by atomic mass is 9.89. The molecule has 0 heterocycles. The summed E-state index contributed by atoms with van der Waals surface area (Å²) in [6.07, 6.45) is 0. The fourth-order valence-electron chi connectivity index (χ4n) is 5.53. The molecule has 0 fully saturated rings. The van der Waals surface area contributed by atoms with Crippen LogP contribution in [0.5, 0.6) is 0 Å². The first kappa shape index (κ1) is 22.1. The van der Waals surface area contributed by atoms with Crippen LogP contribution in [0.1, 0.15) is 0 Å². The van der Waals surface area contributed by atoms with E-state index < -0.39 is 0 Å². The van der Waals surface area contributed by atoms with Gasteiger partial charge in [0.25, 0.3) is 0 Å². The first-order valence-corrected chi connectivity index (χ1v) is 12.9. The third-order valence-electron chi connectivity index (χ3n) is 7.35. The van der Waals surface area contributed by atoms with Crippen molar-refractivity contribution in [2.24, 2.45) is 0 Å². The van der Waals surface area contributed by atoms with Crippen LogP contribution in [0, 0.1) is 0 Å². The van der Waals surface area contributed by atoms with Crippen LogP contribution >= 0.6 is 0 Å². The second-order valence-electron chi connectivity index (χ2n) is 9.73. The molecule has 0 unspecified atom stereocenters. The quantitative estimate of drug-likeness (QED) is 0.192. The van der Waals surface area contributed by atoms with E-state index in [0.717, 1.165) is 28.2 Å². The van der Waals surface area contributed by atoms with Gasteiger partial charge in [-0.05, 0) is 91.5 Å². The molecule has 38 heavy (non-hydrogen) atoms. The van der Waals surface area contributed by atoms with Gasteiger partial charge in [0.15, 0.2) is 0 Å². The highest BCUT2D eigenvalue weighted by Crippen LogP contribution is 2.41. The monoisotopic (exact) mass is 486 g/mol. The largest absolute Gasteiger partial charge is 0.398 e. The van der Waals surface area contributed by atoms with E-state index in [0.29, 0.717) is 0 Å². The summed E-state index contributed by atoms with van der Waals surface area (Å²) in [5.74, 6) is 0. The third-order valence-corrected chi connectivity index (χ3v) is 7.35. The Morgan fingerprint density at radius 1 is 0.368 bits per heavy atom. The number of para-hydroxylation sites is 1. The van der Waals surface area contributed by atoms with E-state index in [1.807, 2.05) is 24.3 Å². The van der Waals surface area contributed by atoms with Gasteiger partial charge in [0.2, 0.25) is 0 Å². The molecular weight excluding hydrogens is 460 g/mol. The predicted octanol–water partition coefficient (Wildman–Crippen LogP) is 9.81. The average Bonchev–Trinajstić information content (AvgIpc) is 2.98. The molecule has 0 spiro atoms. The molecule has 3 N–H and O–H groups in total. The number of benzene rings is 7. The molecule has 7 rings (SSSR count). The number of nitrogens with two attached hydrogens (primary N) is 1.